The van der Waals surface area contributed by atoms with Crippen molar-refractivity contribution in [3.8, 4) is 0 Å². The molecule has 3 unspecified atom stereocenters. The molecule has 0 bridgehead atoms. The topological polar surface area (TPSA) is 81.2 Å². The number of aliphatic hydroxyl groups is 1. The Labute approximate surface area is 172 Å². The Morgan fingerprint density at radius 3 is 2.61 bits per heavy atom. The summed E-state index contributed by atoms with van der Waals surface area (Å²) >= 11 is 0. The van der Waals surface area contributed by atoms with Crippen LogP contribution in [0.1, 0.15) is 59.8 Å². The molecule has 28 heavy (non-hydrogen) atoms. The summed E-state index contributed by atoms with van der Waals surface area (Å²) < 4.78 is 5.87. The molecule has 0 heterocycles. The van der Waals surface area contributed by atoms with Crippen LogP contribution in [0, 0.1) is 5.41 Å². The van der Waals surface area contributed by atoms with Gasteiger partial charge in [-0.25, -0.2) is 0 Å². The van der Waals surface area contributed by atoms with Crippen molar-refractivity contribution in [2.75, 3.05) is 47.0 Å². The molecule has 166 valence electrons. The standard InChI is InChI=1S/C21H45N5O2/c1-7-10-21(4,16-27)26(6)18(15-22-5)25-19(23-8-2)24-13-14-28-17-20(3)11-9-12-20/h8,18-19,22,24-25,27H,7,9-17H2,1-6H3/b23-8+. The van der Waals surface area contributed by atoms with E-state index < -0.39 is 0 Å². The van der Waals surface area contributed by atoms with E-state index >= 15 is 0 Å². The SMILES string of the molecule is C/C=N/C(NCCOCC1(C)CCC1)NC(CNC)N(C)C(C)(CO)CCC. The van der Waals surface area contributed by atoms with Crippen LogP contribution in [0.25, 0.3) is 0 Å². The lowest BCUT2D eigenvalue weighted by Crippen LogP contribution is -2.63. The Morgan fingerprint density at radius 1 is 1.39 bits per heavy atom. The summed E-state index contributed by atoms with van der Waals surface area (Å²) in [6.07, 6.45) is 7.51. The molecular weight excluding hydrogens is 354 g/mol. The van der Waals surface area contributed by atoms with Crippen LogP contribution < -0.4 is 16.0 Å². The molecule has 0 aromatic rings. The van der Waals surface area contributed by atoms with E-state index in [4.69, 9.17) is 4.74 Å². The molecule has 7 heteroatoms. The summed E-state index contributed by atoms with van der Waals surface area (Å²) in [5.41, 5.74) is 0.124. The molecule has 1 saturated carbocycles. The van der Waals surface area contributed by atoms with Crippen LogP contribution in [0.2, 0.25) is 0 Å². The number of rotatable bonds is 16. The molecule has 1 aliphatic carbocycles. The van der Waals surface area contributed by atoms with Crippen LogP contribution in [-0.2, 0) is 4.74 Å². The van der Waals surface area contributed by atoms with Crippen LogP contribution in [0.15, 0.2) is 4.99 Å². The first kappa shape index (κ1) is 25.5. The predicted molar refractivity (Wildman–Crippen MR) is 118 cm³/mol. The molecule has 0 radical (unpaired) electrons. The second kappa shape index (κ2) is 12.9. The Morgan fingerprint density at radius 2 is 2.11 bits per heavy atom. The number of ether oxygens (including phenoxy) is 1. The van der Waals surface area contributed by atoms with Gasteiger partial charge in [-0.3, -0.25) is 20.5 Å². The minimum absolute atomic E-state index is 0.0321. The van der Waals surface area contributed by atoms with E-state index in [2.05, 4.69) is 53.7 Å². The van der Waals surface area contributed by atoms with Gasteiger partial charge < -0.3 is 15.2 Å². The lowest BCUT2D eigenvalue weighted by molar-refractivity contribution is 0.00217. The number of nitrogens with one attached hydrogen (secondary N) is 3. The monoisotopic (exact) mass is 399 g/mol. The number of hydrogen-bond donors (Lipinski definition) is 4. The molecule has 0 aliphatic heterocycles. The summed E-state index contributed by atoms with van der Waals surface area (Å²) in [5, 5.41) is 20.2. The van der Waals surface area contributed by atoms with Crippen molar-refractivity contribution in [2.24, 2.45) is 10.4 Å². The summed E-state index contributed by atoms with van der Waals surface area (Å²) in [5.74, 6) is 0. The van der Waals surface area contributed by atoms with Crippen molar-refractivity contribution >= 4 is 6.21 Å². The molecule has 7 nitrogen and oxygen atoms in total. The van der Waals surface area contributed by atoms with Gasteiger partial charge in [-0.1, -0.05) is 26.7 Å². The molecule has 0 aromatic heterocycles. The summed E-state index contributed by atoms with van der Waals surface area (Å²) in [6, 6.07) is 0. The Hall–Kier alpha value is -0.570. The van der Waals surface area contributed by atoms with Gasteiger partial charge in [0.25, 0.3) is 0 Å². The zero-order valence-electron chi connectivity index (χ0n) is 19.1. The molecule has 3 atom stereocenters. The zero-order chi connectivity index (χ0) is 21.0. The first-order valence-corrected chi connectivity index (χ1v) is 10.9. The number of aliphatic imine (C=N–C) groups is 1. The maximum Gasteiger partial charge on any atom is 0.154 e. The van der Waals surface area contributed by atoms with Crippen molar-refractivity contribution in [3.05, 3.63) is 0 Å². The van der Waals surface area contributed by atoms with Crippen molar-refractivity contribution in [1.82, 2.24) is 20.9 Å². The Kier molecular flexibility index (Phi) is 11.7. The highest BCUT2D eigenvalue weighted by Gasteiger charge is 2.33. The van der Waals surface area contributed by atoms with Gasteiger partial charge in [0.1, 0.15) is 0 Å². The van der Waals surface area contributed by atoms with Crippen molar-refractivity contribution in [3.63, 3.8) is 0 Å². The molecular formula is C21H45N5O2. The van der Waals surface area contributed by atoms with Crippen molar-refractivity contribution in [2.45, 2.75) is 77.8 Å². The van der Waals surface area contributed by atoms with E-state index in [1.165, 1.54) is 19.3 Å². The zero-order valence-corrected chi connectivity index (χ0v) is 19.1. The Balaban J connectivity index is 2.55. The highest BCUT2D eigenvalue weighted by atomic mass is 16.5. The van der Waals surface area contributed by atoms with Gasteiger partial charge in [0.2, 0.25) is 0 Å². The minimum Gasteiger partial charge on any atom is -0.394 e. The molecule has 1 rings (SSSR count). The van der Waals surface area contributed by atoms with Crippen LogP contribution in [0.4, 0.5) is 0 Å². The summed E-state index contributed by atoms with van der Waals surface area (Å²) in [4.78, 5) is 6.76. The third-order valence-corrected chi connectivity index (χ3v) is 6.09. The largest absolute Gasteiger partial charge is 0.394 e. The molecule has 0 amide bonds. The van der Waals surface area contributed by atoms with E-state index in [0.717, 1.165) is 32.5 Å². The second-order valence-electron chi connectivity index (χ2n) is 8.74. The molecule has 0 spiro atoms. The lowest BCUT2D eigenvalue weighted by atomic mass is 9.71. The van der Waals surface area contributed by atoms with E-state index in [1.807, 2.05) is 20.2 Å². The van der Waals surface area contributed by atoms with E-state index in [9.17, 15) is 5.11 Å². The average molecular weight is 400 g/mol. The van der Waals surface area contributed by atoms with E-state index in [1.54, 1.807) is 0 Å². The van der Waals surface area contributed by atoms with Crippen molar-refractivity contribution < 1.29 is 9.84 Å². The summed E-state index contributed by atoms with van der Waals surface area (Å²) in [6.45, 7) is 11.7. The third-order valence-electron chi connectivity index (χ3n) is 6.09. The van der Waals surface area contributed by atoms with Crippen LogP contribution in [-0.4, -0.2) is 81.2 Å². The second-order valence-corrected chi connectivity index (χ2v) is 8.74. The maximum atomic E-state index is 9.98. The fourth-order valence-corrected chi connectivity index (χ4v) is 3.78. The van der Waals surface area contributed by atoms with Gasteiger partial charge >= 0.3 is 0 Å². The summed E-state index contributed by atoms with van der Waals surface area (Å²) in [7, 11) is 4.01. The fraction of sp³-hybridized carbons (Fsp3) is 0.952. The predicted octanol–water partition coefficient (Wildman–Crippen LogP) is 1.78. The number of aliphatic hydroxyl groups excluding tert-OH is 1. The van der Waals surface area contributed by atoms with Gasteiger partial charge in [0.05, 0.1) is 26.0 Å². The van der Waals surface area contributed by atoms with Gasteiger partial charge in [-0.15, -0.1) is 0 Å². The molecule has 4 N–H and O–H groups in total. The van der Waals surface area contributed by atoms with Gasteiger partial charge in [-0.05, 0) is 58.8 Å². The fourth-order valence-electron chi connectivity index (χ4n) is 3.78. The molecule has 1 aliphatic rings. The first-order valence-electron chi connectivity index (χ1n) is 10.9. The van der Waals surface area contributed by atoms with Gasteiger partial charge in [0.15, 0.2) is 6.29 Å². The lowest BCUT2D eigenvalue weighted by Gasteiger charge is -2.43. The maximum absolute atomic E-state index is 9.98. The van der Waals surface area contributed by atoms with Crippen LogP contribution in [0.3, 0.4) is 0 Å². The van der Waals surface area contributed by atoms with Crippen LogP contribution >= 0.6 is 0 Å². The average Bonchev–Trinajstić information content (AvgIpc) is 2.65. The molecule has 0 saturated heterocycles. The third kappa shape index (κ3) is 8.05. The van der Waals surface area contributed by atoms with Crippen molar-refractivity contribution in [1.29, 1.82) is 0 Å². The highest BCUT2D eigenvalue weighted by Crippen LogP contribution is 2.40. The Bertz CT molecular complexity index is 445. The van der Waals surface area contributed by atoms with Gasteiger partial charge in [-0.2, -0.15) is 0 Å². The normalized spacial score (nSPS) is 20.9. The van der Waals surface area contributed by atoms with Crippen LogP contribution in [0.5, 0.6) is 0 Å². The smallest absolute Gasteiger partial charge is 0.154 e. The van der Waals surface area contributed by atoms with Gasteiger partial charge in [0, 0.05) is 18.6 Å². The molecule has 1 fully saturated rings. The molecule has 0 aromatic carbocycles. The highest BCUT2D eigenvalue weighted by molar-refractivity contribution is 5.53. The number of likely N-dealkylation sites (N-methyl/N-ethyl adjacent to an activating group) is 2. The number of hydrogen-bond acceptors (Lipinski definition) is 7. The quantitative estimate of drug-likeness (QED) is 0.180. The number of nitrogens with zero attached hydrogens (tertiary/aromatic N) is 2. The van der Waals surface area contributed by atoms with E-state index in [-0.39, 0.29) is 24.6 Å². The van der Waals surface area contributed by atoms with E-state index in [0.29, 0.717) is 12.0 Å². The first-order chi connectivity index (χ1) is 13.3. The minimum atomic E-state index is -0.273.